The zero-order valence-corrected chi connectivity index (χ0v) is 13.5. The number of amides is 1. The van der Waals surface area contributed by atoms with Gasteiger partial charge in [-0.3, -0.25) is 4.79 Å². The fourth-order valence-electron chi connectivity index (χ4n) is 2.78. The molecule has 1 N–H and O–H groups in total. The summed E-state index contributed by atoms with van der Waals surface area (Å²) in [4.78, 5) is 12.1. The lowest BCUT2D eigenvalue weighted by Crippen LogP contribution is -2.16. The van der Waals surface area contributed by atoms with Crippen LogP contribution in [0.25, 0.3) is 0 Å². The third-order valence-corrected chi connectivity index (χ3v) is 4.54. The SMILES string of the molecule is CC1(C)CC1C(=O)Nc1ccc(Cc2ccc(C#N)cc2)cc1. The number of carbonyl (C=O) groups excluding carboxylic acids is 1. The molecule has 0 spiro atoms. The molecule has 3 heteroatoms. The van der Waals surface area contributed by atoms with E-state index >= 15 is 0 Å². The normalized spacial score (nSPS) is 18.0. The van der Waals surface area contributed by atoms with Crippen molar-refractivity contribution in [2.24, 2.45) is 11.3 Å². The van der Waals surface area contributed by atoms with Gasteiger partial charge in [0.2, 0.25) is 5.91 Å². The van der Waals surface area contributed by atoms with Crippen LogP contribution in [-0.2, 0) is 11.2 Å². The molecule has 1 unspecified atom stereocenters. The highest BCUT2D eigenvalue weighted by molar-refractivity contribution is 5.94. The molecule has 3 rings (SSSR count). The van der Waals surface area contributed by atoms with Crippen LogP contribution in [0.1, 0.15) is 37.0 Å². The molecule has 1 fully saturated rings. The third-order valence-electron chi connectivity index (χ3n) is 4.54. The van der Waals surface area contributed by atoms with Gasteiger partial charge in [-0.05, 0) is 53.6 Å². The van der Waals surface area contributed by atoms with Gasteiger partial charge in [0.15, 0.2) is 0 Å². The van der Waals surface area contributed by atoms with Gasteiger partial charge < -0.3 is 5.32 Å². The van der Waals surface area contributed by atoms with E-state index in [-0.39, 0.29) is 17.2 Å². The summed E-state index contributed by atoms with van der Waals surface area (Å²) in [5, 5.41) is 11.8. The van der Waals surface area contributed by atoms with Gasteiger partial charge in [-0.25, -0.2) is 0 Å². The number of rotatable bonds is 4. The molecule has 0 aliphatic heterocycles. The second-order valence-electron chi connectivity index (χ2n) is 6.92. The molecule has 0 heterocycles. The third kappa shape index (κ3) is 3.60. The first kappa shape index (κ1) is 15.3. The number of nitrogens with one attached hydrogen (secondary N) is 1. The first-order chi connectivity index (χ1) is 11.0. The first-order valence-electron chi connectivity index (χ1n) is 7.87. The molecule has 3 nitrogen and oxygen atoms in total. The quantitative estimate of drug-likeness (QED) is 0.923. The molecule has 1 aliphatic rings. The molecule has 1 amide bonds. The van der Waals surface area contributed by atoms with Crippen LogP contribution in [0.3, 0.4) is 0 Å². The van der Waals surface area contributed by atoms with E-state index in [1.54, 1.807) is 0 Å². The van der Waals surface area contributed by atoms with Gasteiger partial charge in [-0.1, -0.05) is 38.1 Å². The van der Waals surface area contributed by atoms with E-state index in [0.717, 1.165) is 18.5 Å². The standard InChI is InChI=1S/C20H20N2O/c1-20(2)12-18(20)19(23)22-17-9-7-15(8-10-17)11-14-3-5-16(13-21)6-4-14/h3-10,18H,11-12H2,1-2H3,(H,22,23). The monoisotopic (exact) mass is 304 g/mol. The molecule has 23 heavy (non-hydrogen) atoms. The lowest BCUT2D eigenvalue weighted by atomic mass is 10.0. The Labute approximate surface area is 137 Å². The number of nitriles is 1. The van der Waals surface area contributed by atoms with Crippen molar-refractivity contribution >= 4 is 11.6 Å². The van der Waals surface area contributed by atoms with E-state index in [1.165, 1.54) is 11.1 Å². The molecule has 2 aromatic carbocycles. The van der Waals surface area contributed by atoms with Gasteiger partial charge in [0, 0.05) is 11.6 Å². The highest BCUT2D eigenvalue weighted by atomic mass is 16.2. The number of hydrogen-bond acceptors (Lipinski definition) is 2. The highest BCUT2D eigenvalue weighted by Gasteiger charge is 2.50. The topological polar surface area (TPSA) is 52.9 Å². The fourth-order valence-corrected chi connectivity index (χ4v) is 2.78. The van der Waals surface area contributed by atoms with Crippen molar-refractivity contribution in [1.29, 1.82) is 5.26 Å². The summed E-state index contributed by atoms with van der Waals surface area (Å²) in [6.45, 7) is 4.25. The lowest BCUT2D eigenvalue weighted by molar-refractivity contribution is -0.118. The fraction of sp³-hybridized carbons (Fsp3) is 0.300. The maximum atomic E-state index is 12.1. The first-order valence-corrected chi connectivity index (χ1v) is 7.87. The van der Waals surface area contributed by atoms with Crippen LogP contribution in [0.15, 0.2) is 48.5 Å². The van der Waals surface area contributed by atoms with Crippen LogP contribution in [-0.4, -0.2) is 5.91 Å². The molecular weight excluding hydrogens is 284 g/mol. The summed E-state index contributed by atoms with van der Waals surface area (Å²) in [6.07, 6.45) is 1.78. The van der Waals surface area contributed by atoms with Gasteiger partial charge in [-0.15, -0.1) is 0 Å². The Hall–Kier alpha value is -2.60. The minimum atomic E-state index is 0.120. The number of anilines is 1. The molecule has 1 saturated carbocycles. The molecule has 0 bridgehead atoms. The number of hydrogen-bond donors (Lipinski definition) is 1. The minimum Gasteiger partial charge on any atom is -0.326 e. The molecule has 0 aromatic heterocycles. The minimum absolute atomic E-state index is 0.120. The van der Waals surface area contributed by atoms with Crippen LogP contribution in [0.4, 0.5) is 5.69 Å². The van der Waals surface area contributed by atoms with Gasteiger partial charge in [0.25, 0.3) is 0 Å². The predicted octanol–water partition coefficient (Wildman–Crippen LogP) is 4.13. The van der Waals surface area contributed by atoms with E-state index in [0.29, 0.717) is 5.56 Å². The predicted molar refractivity (Wildman–Crippen MR) is 90.9 cm³/mol. The number of nitrogens with zero attached hydrogens (tertiary/aromatic N) is 1. The van der Waals surface area contributed by atoms with E-state index in [9.17, 15) is 4.79 Å². The molecular formula is C20H20N2O. The van der Waals surface area contributed by atoms with Crippen molar-refractivity contribution < 1.29 is 4.79 Å². The van der Waals surface area contributed by atoms with Crippen molar-refractivity contribution in [2.45, 2.75) is 26.7 Å². The van der Waals surface area contributed by atoms with Crippen molar-refractivity contribution in [3.05, 3.63) is 65.2 Å². The Kier molecular flexibility index (Phi) is 3.92. The smallest absolute Gasteiger partial charge is 0.228 e. The van der Waals surface area contributed by atoms with Crippen molar-refractivity contribution in [3.63, 3.8) is 0 Å². The maximum Gasteiger partial charge on any atom is 0.228 e. The Morgan fingerprint density at radius 1 is 1.13 bits per heavy atom. The van der Waals surface area contributed by atoms with Crippen molar-refractivity contribution in [1.82, 2.24) is 0 Å². The molecule has 1 aliphatic carbocycles. The lowest BCUT2D eigenvalue weighted by Gasteiger charge is -2.08. The maximum absolute atomic E-state index is 12.1. The molecule has 0 radical (unpaired) electrons. The Bertz CT molecular complexity index is 752. The van der Waals surface area contributed by atoms with Gasteiger partial charge >= 0.3 is 0 Å². The Morgan fingerprint density at radius 2 is 1.65 bits per heavy atom. The average molecular weight is 304 g/mol. The summed E-state index contributed by atoms with van der Waals surface area (Å²) in [5.74, 6) is 0.260. The Morgan fingerprint density at radius 3 is 2.13 bits per heavy atom. The van der Waals surface area contributed by atoms with E-state index < -0.39 is 0 Å². The van der Waals surface area contributed by atoms with Crippen LogP contribution in [0, 0.1) is 22.7 Å². The molecule has 0 saturated heterocycles. The average Bonchev–Trinajstić information content (AvgIpc) is 3.19. The summed E-state index contributed by atoms with van der Waals surface area (Å²) >= 11 is 0. The summed E-state index contributed by atoms with van der Waals surface area (Å²) in [7, 11) is 0. The van der Waals surface area contributed by atoms with Gasteiger partial charge in [0.05, 0.1) is 11.6 Å². The largest absolute Gasteiger partial charge is 0.326 e. The van der Waals surface area contributed by atoms with Crippen LogP contribution >= 0.6 is 0 Å². The zero-order valence-electron chi connectivity index (χ0n) is 13.5. The number of carbonyl (C=O) groups is 1. The molecule has 1 atom stereocenters. The van der Waals surface area contributed by atoms with Crippen LogP contribution in [0.5, 0.6) is 0 Å². The summed E-state index contributed by atoms with van der Waals surface area (Å²) < 4.78 is 0. The van der Waals surface area contributed by atoms with Gasteiger partial charge in [-0.2, -0.15) is 5.26 Å². The Balaban J connectivity index is 1.60. The highest BCUT2D eigenvalue weighted by Crippen LogP contribution is 2.51. The van der Waals surface area contributed by atoms with E-state index in [2.05, 4.69) is 25.2 Å². The second kappa shape index (κ2) is 5.89. The zero-order chi connectivity index (χ0) is 16.4. The second-order valence-corrected chi connectivity index (χ2v) is 6.92. The molecule has 2 aromatic rings. The van der Waals surface area contributed by atoms with Crippen molar-refractivity contribution in [3.8, 4) is 6.07 Å². The summed E-state index contributed by atoms with van der Waals surface area (Å²) in [6, 6.07) is 17.7. The molecule has 116 valence electrons. The van der Waals surface area contributed by atoms with Crippen molar-refractivity contribution in [2.75, 3.05) is 5.32 Å². The van der Waals surface area contributed by atoms with E-state index in [4.69, 9.17) is 5.26 Å². The number of benzene rings is 2. The van der Waals surface area contributed by atoms with Gasteiger partial charge in [0.1, 0.15) is 0 Å². The van der Waals surface area contributed by atoms with Crippen LogP contribution < -0.4 is 5.32 Å². The van der Waals surface area contributed by atoms with Crippen LogP contribution in [0.2, 0.25) is 0 Å². The van der Waals surface area contributed by atoms with E-state index in [1.807, 2.05) is 48.5 Å². The summed E-state index contributed by atoms with van der Waals surface area (Å²) in [5.41, 5.74) is 4.02.